The van der Waals surface area contributed by atoms with Gasteiger partial charge in [0.15, 0.2) is 4.80 Å². The smallest absolute Gasteiger partial charge is 0.196 e. The fourth-order valence-electron chi connectivity index (χ4n) is 4.32. The number of rotatable bonds is 3. The summed E-state index contributed by atoms with van der Waals surface area (Å²) in [4.78, 5) is 14.3. The van der Waals surface area contributed by atoms with E-state index in [9.17, 15) is 5.11 Å². The second-order valence-corrected chi connectivity index (χ2v) is 9.75. The Morgan fingerprint density at radius 3 is 2.26 bits per heavy atom. The van der Waals surface area contributed by atoms with Crippen LogP contribution in [0.4, 0.5) is 11.5 Å². The number of aromatic hydroxyl groups is 1. The van der Waals surface area contributed by atoms with Crippen molar-refractivity contribution in [2.24, 2.45) is 9.98 Å². The van der Waals surface area contributed by atoms with E-state index < -0.39 is 0 Å². The average Bonchev–Trinajstić information content (AvgIpc) is 3.25. The number of thiazole rings is 1. The third-order valence-corrected chi connectivity index (χ3v) is 7.24. The van der Waals surface area contributed by atoms with Gasteiger partial charge in [-0.15, -0.1) is 0 Å². The molecule has 0 bridgehead atoms. The number of benzene rings is 3. The Morgan fingerprint density at radius 2 is 1.54 bits per heavy atom. The maximum Gasteiger partial charge on any atom is 0.196 e. The van der Waals surface area contributed by atoms with Gasteiger partial charge in [-0.3, -0.25) is 14.5 Å². The molecule has 0 spiro atoms. The van der Waals surface area contributed by atoms with Crippen LogP contribution >= 0.6 is 11.3 Å². The van der Waals surface area contributed by atoms with Gasteiger partial charge in [-0.25, -0.2) is 4.99 Å². The lowest BCUT2D eigenvalue weighted by atomic mass is 10.0. The molecular weight excluding hydrogens is 452 g/mol. The number of aromatic nitrogens is 1. The molecule has 6 rings (SSSR count). The third kappa shape index (κ3) is 3.92. The Bertz CT molecular complexity index is 1550. The summed E-state index contributed by atoms with van der Waals surface area (Å²) >= 11 is 1.65. The first-order valence-electron chi connectivity index (χ1n) is 11.5. The van der Waals surface area contributed by atoms with E-state index in [1.54, 1.807) is 23.5 Å². The first kappa shape index (κ1) is 21.4. The number of fused-ring (bicyclic) bond motifs is 3. The van der Waals surface area contributed by atoms with Crippen LogP contribution in [0, 0.1) is 13.8 Å². The van der Waals surface area contributed by atoms with Crippen molar-refractivity contribution in [3.8, 4) is 11.4 Å². The van der Waals surface area contributed by atoms with Gasteiger partial charge in [0.25, 0.3) is 0 Å². The predicted octanol–water partition coefficient (Wildman–Crippen LogP) is 6.49. The van der Waals surface area contributed by atoms with Gasteiger partial charge in [0, 0.05) is 11.9 Å². The zero-order valence-electron chi connectivity index (χ0n) is 19.5. The van der Waals surface area contributed by atoms with E-state index in [1.165, 1.54) is 11.1 Å². The van der Waals surface area contributed by atoms with Crippen LogP contribution in [0.25, 0.3) is 5.69 Å². The van der Waals surface area contributed by atoms with E-state index in [-0.39, 0.29) is 11.8 Å². The van der Waals surface area contributed by atoms with Crippen LogP contribution < -0.4 is 9.70 Å². The Labute approximate surface area is 208 Å². The van der Waals surface area contributed by atoms with Crippen molar-refractivity contribution in [2.75, 3.05) is 4.90 Å². The standard InChI is InChI=1S/C29H24N4OS/c1-19-6-12-22(13-7-19)30-29-33(23-14-8-20(2)9-15-23)28-27(35-29)26(21-10-16-24(34)17-11-21)31-25-5-3-4-18-32(25)28/h3-18,26,34H,1-2H3. The van der Waals surface area contributed by atoms with E-state index in [0.29, 0.717) is 0 Å². The van der Waals surface area contributed by atoms with Gasteiger partial charge in [-0.05, 0) is 68.0 Å². The fraction of sp³-hybridized carbons (Fsp3) is 0.103. The lowest BCUT2D eigenvalue weighted by Gasteiger charge is -2.31. The highest BCUT2D eigenvalue weighted by atomic mass is 32.1. The molecular formula is C29H24N4OS. The minimum Gasteiger partial charge on any atom is -0.508 e. The van der Waals surface area contributed by atoms with E-state index in [2.05, 4.69) is 78.0 Å². The monoisotopic (exact) mass is 476 g/mol. The van der Waals surface area contributed by atoms with Crippen LogP contribution in [-0.2, 0) is 0 Å². The van der Waals surface area contributed by atoms with Crippen molar-refractivity contribution in [3.63, 3.8) is 0 Å². The molecule has 3 heterocycles. The molecule has 0 saturated heterocycles. The number of anilines is 1. The van der Waals surface area contributed by atoms with Gasteiger partial charge in [-0.1, -0.05) is 64.9 Å². The summed E-state index contributed by atoms with van der Waals surface area (Å²) in [7, 11) is 0. The SMILES string of the molecule is Cc1ccc(N=c2sc3c(n2-c2ccc(C)cc2)N2C=CC=CC2=NC3c2ccc(O)cc2)cc1. The number of aliphatic imine (C=N–C) groups is 1. The Balaban J connectivity index is 1.64. The fourth-order valence-corrected chi connectivity index (χ4v) is 5.53. The Kier molecular flexibility index (Phi) is 5.23. The quantitative estimate of drug-likeness (QED) is 0.368. The summed E-state index contributed by atoms with van der Waals surface area (Å²) < 4.78 is 2.23. The van der Waals surface area contributed by atoms with Gasteiger partial charge in [0.1, 0.15) is 23.4 Å². The number of hydrogen-bond donors (Lipinski definition) is 1. The van der Waals surface area contributed by atoms with Gasteiger partial charge in [0.2, 0.25) is 0 Å². The van der Waals surface area contributed by atoms with E-state index >= 15 is 0 Å². The molecule has 0 radical (unpaired) electrons. The molecule has 35 heavy (non-hydrogen) atoms. The number of amidine groups is 1. The van der Waals surface area contributed by atoms with Crippen molar-refractivity contribution in [1.82, 2.24) is 4.57 Å². The molecule has 6 heteroatoms. The lowest BCUT2D eigenvalue weighted by molar-refractivity contribution is 0.475. The zero-order chi connectivity index (χ0) is 23.9. The molecule has 1 N–H and O–H groups in total. The van der Waals surface area contributed by atoms with Crippen LogP contribution in [0.5, 0.6) is 5.75 Å². The topological polar surface area (TPSA) is 53.1 Å². The lowest BCUT2D eigenvalue weighted by Crippen LogP contribution is -2.33. The number of aryl methyl sites for hydroxylation is 2. The summed E-state index contributed by atoms with van der Waals surface area (Å²) in [5, 5.41) is 9.86. The highest BCUT2D eigenvalue weighted by Gasteiger charge is 2.33. The number of phenols is 1. The second kappa shape index (κ2) is 8.56. The predicted molar refractivity (Wildman–Crippen MR) is 143 cm³/mol. The molecule has 2 aliphatic rings. The van der Waals surface area contributed by atoms with Gasteiger partial charge in [0.05, 0.1) is 10.6 Å². The largest absolute Gasteiger partial charge is 0.508 e. The zero-order valence-corrected chi connectivity index (χ0v) is 20.3. The average molecular weight is 477 g/mol. The molecule has 0 fully saturated rings. The minimum absolute atomic E-state index is 0.198. The summed E-state index contributed by atoms with van der Waals surface area (Å²) in [6, 6.07) is 23.9. The van der Waals surface area contributed by atoms with E-state index in [1.807, 2.05) is 30.4 Å². The van der Waals surface area contributed by atoms with E-state index in [4.69, 9.17) is 9.98 Å². The van der Waals surface area contributed by atoms with E-state index in [0.717, 1.165) is 38.3 Å². The molecule has 0 saturated carbocycles. The first-order valence-corrected chi connectivity index (χ1v) is 12.3. The van der Waals surface area contributed by atoms with Gasteiger partial charge >= 0.3 is 0 Å². The van der Waals surface area contributed by atoms with Crippen molar-refractivity contribution >= 4 is 28.7 Å². The Hall–Kier alpha value is -4.16. The first-order chi connectivity index (χ1) is 17.1. The van der Waals surface area contributed by atoms with Crippen LogP contribution in [0.15, 0.2) is 107 Å². The molecule has 2 aliphatic heterocycles. The van der Waals surface area contributed by atoms with Crippen molar-refractivity contribution < 1.29 is 5.11 Å². The number of allylic oxidation sites excluding steroid dienone is 2. The minimum atomic E-state index is -0.198. The number of phenolic OH excluding ortho intramolecular Hbond substituents is 1. The normalized spacial score (nSPS) is 16.7. The van der Waals surface area contributed by atoms with Crippen molar-refractivity contribution in [3.05, 3.63) is 124 Å². The summed E-state index contributed by atoms with van der Waals surface area (Å²) in [5.74, 6) is 2.16. The van der Waals surface area contributed by atoms with Crippen LogP contribution in [0.1, 0.15) is 27.6 Å². The maximum atomic E-state index is 9.86. The molecule has 1 aromatic heterocycles. The molecule has 5 nitrogen and oxygen atoms in total. The van der Waals surface area contributed by atoms with Gasteiger partial charge in [-0.2, -0.15) is 0 Å². The van der Waals surface area contributed by atoms with Crippen LogP contribution in [0.2, 0.25) is 0 Å². The van der Waals surface area contributed by atoms with Crippen molar-refractivity contribution in [1.29, 1.82) is 0 Å². The number of nitrogens with zero attached hydrogens (tertiary/aromatic N) is 4. The van der Waals surface area contributed by atoms with Crippen LogP contribution in [0.3, 0.4) is 0 Å². The second-order valence-electron chi connectivity index (χ2n) is 8.74. The molecule has 172 valence electrons. The van der Waals surface area contributed by atoms with Gasteiger partial charge < -0.3 is 5.11 Å². The number of hydrogen-bond acceptors (Lipinski definition) is 5. The molecule has 3 aromatic carbocycles. The molecule has 1 unspecified atom stereocenters. The molecule has 0 aliphatic carbocycles. The highest BCUT2D eigenvalue weighted by molar-refractivity contribution is 7.10. The molecule has 4 aromatic rings. The Morgan fingerprint density at radius 1 is 0.857 bits per heavy atom. The molecule has 0 amide bonds. The highest BCUT2D eigenvalue weighted by Crippen LogP contribution is 2.42. The maximum absolute atomic E-state index is 9.86. The summed E-state index contributed by atoms with van der Waals surface area (Å²) in [5.41, 5.74) is 5.40. The van der Waals surface area contributed by atoms with Crippen molar-refractivity contribution in [2.45, 2.75) is 19.9 Å². The summed E-state index contributed by atoms with van der Waals surface area (Å²) in [6.45, 7) is 4.18. The summed E-state index contributed by atoms with van der Waals surface area (Å²) in [6.07, 6.45) is 8.12. The third-order valence-electron chi connectivity index (χ3n) is 6.16. The van der Waals surface area contributed by atoms with Crippen LogP contribution in [-0.4, -0.2) is 15.5 Å². The molecule has 1 atom stereocenters.